The van der Waals surface area contributed by atoms with E-state index in [0.29, 0.717) is 12.8 Å². The Hall–Kier alpha value is -0.940. The van der Waals surface area contributed by atoms with Gasteiger partial charge >= 0.3 is 11.9 Å². The molecule has 88 valence electrons. The van der Waals surface area contributed by atoms with Crippen LogP contribution in [-0.2, 0) is 14.3 Å². The molecule has 0 saturated carbocycles. The number of hydrogen-bond donors (Lipinski definition) is 2. The minimum atomic E-state index is -0.752. The van der Waals surface area contributed by atoms with Gasteiger partial charge in [-0.25, -0.2) is 9.59 Å². The van der Waals surface area contributed by atoms with Crippen LogP contribution in [-0.4, -0.2) is 24.0 Å². The van der Waals surface area contributed by atoms with E-state index in [9.17, 15) is 9.59 Å². The lowest BCUT2D eigenvalue weighted by Crippen LogP contribution is -2.39. The topological polar surface area (TPSA) is 95.4 Å². The SMILES string of the molecule is CCC(N)C(=O)OC(=O)[C@@H](N)CC(C)C. The Labute approximate surface area is 90.1 Å². The van der Waals surface area contributed by atoms with Crippen LogP contribution in [0, 0.1) is 5.92 Å². The Morgan fingerprint density at radius 2 is 1.60 bits per heavy atom. The van der Waals surface area contributed by atoms with Crippen LogP contribution >= 0.6 is 0 Å². The summed E-state index contributed by atoms with van der Waals surface area (Å²) < 4.78 is 4.54. The highest BCUT2D eigenvalue weighted by molar-refractivity contribution is 5.90. The minimum Gasteiger partial charge on any atom is -0.391 e. The molecule has 0 rings (SSSR count). The molecule has 0 aliphatic rings. The van der Waals surface area contributed by atoms with Crippen LogP contribution in [0.25, 0.3) is 0 Å². The molecule has 4 N–H and O–H groups in total. The van der Waals surface area contributed by atoms with E-state index in [1.165, 1.54) is 0 Å². The average molecular weight is 216 g/mol. The highest BCUT2D eigenvalue weighted by Crippen LogP contribution is 2.04. The fourth-order valence-corrected chi connectivity index (χ4v) is 1.02. The van der Waals surface area contributed by atoms with E-state index >= 15 is 0 Å². The molecule has 1 unspecified atom stereocenters. The summed E-state index contributed by atoms with van der Waals surface area (Å²) in [4.78, 5) is 22.4. The van der Waals surface area contributed by atoms with Gasteiger partial charge in [-0.1, -0.05) is 20.8 Å². The number of carbonyl (C=O) groups excluding carboxylic acids is 2. The van der Waals surface area contributed by atoms with Crippen LogP contribution in [0.15, 0.2) is 0 Å². The predicted molar refractivity (Wildman–Crippen MR) is 56.8 cm³/mol. The van der Waals surface area contributed by atoms with Gasteiger partial charge in [0.1, 0.15) is 12.1 Å². The van der Waals surface area contributed by atoms with Crippen LogP contribution in [0.2, 0.25) is 0 Å². The summed E-state index contributed by atoms with van der Waals surface area (Å²) >= 11 is 0. The van der Waals surface area contributed by atoms with Crippen molar-refractivity contribution in [1.29, 1.82) is 0 Å². The molecular weight excluding hydrogens is 196 g/mol. The zero-order valence-electron chi connectivity index (χ0n) is 9.53. The van der Waals surface area contributed by atoms with Gasteiger partial charge < -0.3 is 16.2 Å². The predicted octanol–water partition coefficient (Wildman–Crippen LogP) is 0.167. The molecule has 0 radical (unpaired) electrons. The van der Waals surface area contributed by atoms with Gasteiger partial charge in [0.2, 0.25) is 0 Å². The Morgan fingerprint density at radius 3 is 2.00 bits per heavy atom. The smallest absolute Gasteiger partial charge is 0.330 e. The quantitative estimate of drug-likeness (QED) is 0.504. The lowest BCUT2D eigenvalue weighted by molar-refractivity contribution is -0.161. The minimum absolute atomic E-state index is 0.280. The van der Waals surface area contributed by atoms with Crippen molar-refractivity contribution < 1.29 is 14.3 Å². The summed E-state index contributed by atoms with van der Waals surface area (Å²) in [6, 6.07) is -1.50. The van der Waals surface area contributed by atoms with E-state index in [-0.39, 0.29) is 5.92 Å². The summed E-state index contributed by atoms with van der Waals surface area (Å²) in [6.45, 7) is 5.62. The first-order valence-electron chi connectivity index (χ1n) is 5.15. The van der Waals surface area contributed by atoms with Crippen LogP contribution in [0.3, 0.4) is 0 Å². The van der Waals surface area contributed by atoms with E-state index in [2.05, 4.69) is 4.74 Å². The molecule has 0 heterocycles. The summed E-state index contributed by atoms with van der Waals surface area (Å²) in [5, 5.41) is 0. The number of esters is 2. The first kappa shape index (κ1) is 14.1. The monoisotopic (exact) mass is 216 g/mol. The summed E-state index contributed by atoms with van der Waals surface area (Å²) in [5.74, 6) is -1.12. The van der Waals surface area contributed by atoms with Crippen LogP contribution in [0.1, 0.15) is 33.6 Å². The summed E-state index contributed by atoms with van der Waals surface area (Å²) in [6.07, 6.45) is 0.930. The Kier molecular flexibility index (Phi) is 6.12. The van der Waals surface area contributed by atoms with Crippen molar-refractivity contribution in [3.8, 4) is 0 Å². The van der Waals surface area contributed by atoms with E-state index in [1.54, 1.807) is 6.92 Å². The second-order valence-electron chi connectivity index (χ2n) is 3.99. The lowest BCUT2D eigenvalue weighted by atomic mass is 10.1. The molecule has 0 aromatic carbocycles. The molecule has 0 saturated heterocycles. The Bertz CT molecular complexity index is 229. The van der Waals surface area contributed by atoms with Crippen molar-refractivity contribution >= 4 is 11.9 Å². The molecule has 0 spiro atoms. The average Bonchev–Trinajstić information content (AvgIpc) is 2.15. The highest BCUT2D eigenvalue weighted by atomic mass is 16.6. The Balaban J connectivity index is 4.07. The van der Waals surface area contributed by atoms with E-state index in [1.807, 2.05) is 13.8 Å². The van der Waals surface area contributed by atoms with Crippen molar-refractivity contribution in [2.75, 3.05) is 0 Å². The van der Waals surface area contributed by atoms with Crippen LogP contribution < -0.4 is 11.5 Å². The molecule has 2 atom stereocenters. The second kappa shape index (κ2) is 6.53. The van der Waals surface area contributed by atoms with Gasteiger partial charge in [-0.3, -0.25) is 0 Å². The van der Waals surface area contributed by atoms with Gasteiger partial charge in [-0.05, 0) is 18.8 Å². The largest absolute Gasteiger partial charge is 0.391 e. The molecule has 0 fully saturated rings. The van der Waals surface area contributed by atoms with E-state index in [4.69, 9.17) is 11.5 Å². The second-order valence-corrected chi connectivity index (χ2v) is 3.99. The fraction of sp³-hybridized carbons (Fsp3) is 0.800. The number of carbonyl (C=O) groups is 2. The number of rotatable bonds is 5. The number of nitrogens with two attached hydrogens (primary N) is 2. The van der Waals surface area contributed by atoms with Gasteiger partial charge in [-0.15, -0.1) is 0 Å². The van der Waals surface area contributed by atoms with Crippen molar-refractivity contribution in [1.82, 2.24) is 0 Å². The zero-order chi connectivity index (χ0) is 12.0. The zero-order valence-corrected chi connectivity index (χ0v) is 9.53. The molecule has 15 heavy (non-hydrogen) atoms. The molecule has 0 bridgehead atoms. The third-order valence-corrected chi connectivity index (χ3v) is 1.97. The van der Waals surface area contributed by atoms with Crippen molar-refractivity contribution in [2.24, 2.45) is 17.4 Å². The molecule has 0 aromatic heterocycles. The maximum Gasteiger partial charge on any atom is 0.330 e. The van der Waals surface area contributed by atoms with Crippen LogP contribution in [0.5, 0.6) is 0 Å². The maximum absolute atomic E-state index is 11.3. The van der Waals surface area contributed by atoms with Gasteiger partial charge in [0.25, 0.3) is 0 Å². The molecule has 0 aromatic rings. The van der Waals surface area contributed by atoms with E-state index in [0.717, 1.165) is 0 Å². The van der Waals surface area contributed by atoms with Crippen molar-refractivity contribution in [2.45, 2.75) is 45.7 Å². The standard InChI is InChI=1S/C10H20N2O3/c1-4-7(11)9(13)15-10(14)8(12)5-6(2)3/h6-8H,4-5,11-12H2,1-3H3/t7?,8-/m0/s1. The molecule has 5 heteroatoms. The molecular formula is C10H20N2O3. The van der Waals surface area contributed by atoms with Crippen LogP contribution in [0.4, 0.5) is 0 Å². The molecule has 5 nitrogen and oxygen atoms in total. The van der Waals surface area contributed by atoms with E-state index < -0.39 is 24.0 Å². The first-order valence-corrected chi connectivity index (χ1v) is 5.15. The summed E-state index contributed by atoms with van der Waals surface area (Å²) in [7, 11) is 0. The van der Waals surface area contributed by atoms with Gasteiger partial charge in [0.15, 0.2) is 0 Å². The third-order valence-electron chi connectivity index (χ3n) is 1.97. The number of ether oxygens (including phenoxy) is 1. The van der Waals surface area contributed by atoms with Crippen molar-refractivity contribution in [3.63, 3.8) is 0 Å². The molecule has 0 aliphatic carbocycles. The maximum atomic E-state index is 11.3. The first-order chi connectivity index (χ1) is 6.88. The normalized spacial score (nSPS) is 14.8. The number of hydrogen-bond acceptors (Lipinski definition) is 5. The van der Waals surface area contributed by atoms with Gasteiger partial charge in [-0.2, -0.15) is 0 Å². The highest BCUT2D eigenvalue weighted by Gasteiger charge is 2.22. The van der Waals surface area contributed by atoms with Crippen molar-refractivity contribution in [3.05, 3.63) is 0 Å². The third kappa shape index (κ3) is 5.49. The molecule has 0 amide bonds. The lowest BCUT2D eigenvalue weighted by Gasteiger charge is -2.13. The van der Waals surface area contributed by atoms with Gasteiger partial charge in [0.05, 0.1) is 0 Å². The van der Waals surface area contributed by atoms with Gasteiger partial charge in [0, 0.05) is 0 Å². The fourth-order valence-electron chi connectivity index (χ4n) is 1.02. The Morgan fingerprint density at radius 1 is 1.13 bits per heavy atom. The molecule has 0 aliphatic heterocycles. The summed E-state index contributed by atoms with van der Waals surface area (Å²) in [5.41, 5.74) is 10.9.